The molecule has 62 heavy (non-hydrogen) atoms. The minimum atomic E-state index is 0.872. The van der Waals surface area contributed by atoms with Gasteiger partial charge in [-0.25, -0.2) is 4.98 Å². The van der Waals surface area contributed by atoms with E-state index in [-0.39, 0.29) is 0 Å². The lowest BCUT2D eigenvalue weighted by Crippen LogP contribution is -1.92. The van der Waals surface area contributed by atoms with Crippen molar-refractivity contribution in [2.75, 3.05) is 0 Å². The number of nitrogens with zero attached hydrogens (tertiary/aromatic N) is 3. The molecular formula is C59H41N3. The summed E-state index contributed by atoms with van der Waals surface area (Å²) in [5.41, 5.74) is 16.0. The van der Waals surface area contributed by atoms with E-state index < -0.39 is 0 Å². The van der Waals surface area contributed by atoms with Gasteiger partial charge in [0.2, 0.25) is 0 Å². The molecule has 0 atom stereocenters. The van der Waals surface area contributed by atoms with Crippen LogP contribution in [0.4, 0.5) is 0 Å². The Morgan fingerprint density at radius 1 is 0.323 bits per heavy atom. The predicted molar refractivity (Wildman–Crippen MR) is 262 cm³/mol. The summed E-state index contributed by atoms with van der Waals surface area (Å²) in [6.07, 6.45) is 1.91. The molecule has 0 spiro atoms. The van der Waals surface area contributed by atoms with E-state index in [4.69, 9.17) is 9.97 Å². The van der Waals surface area contributed by atoms with Gasteiger partial charge in [0.25, 0.3) is 0 Å². The first-order valence-corrected chi connectivity index (χ1v) is 21.1. The number of hydrogen-bond acceptors (Lipinski definition) is 2. The summed E-state index contributed by atoms with van der Waals surface area (Å²) >= 11 is 0. The minimum Gasteiger partial charge on any atom is -0.309 e. The molecule has 2 heterocycles. The summed E-state index contributed by atoms with van der Waals surface area (Å²) in [4.78, 5) is 10.2. The van der Waals surface area contributed by atoms with Gasteiger partial charge < -0.3 is 4.57 Å². The van der Waals surface area contributed by atoms with Gasteiger partial charge in [0.15, 0.2) is 0 Å². The summed E-state index contributed by atoms with van der Waals surface area (Å²) in [6, 6.07) is 79.5. The molecule has 0 aliphatic carbocycles. The Kier molecular flexibility index (Phi) is 9.40. The lowest BCUT2D eigenvalue weighted by molar-refractivity contribution is 1.18. The molecule has 12 rings (SSSR count). The Balaban J connectivity index is 0.000000189. The number of hydrogen-bond donors (Lipinski definition) is 0. The molecule has 12 aromatic rings. The fraction of sp³-hybridized carbons (Fsp3) is 0.0169. The van der Waals surface area contributed by atoms with Crippen molar-refractivity contribution in [2.45, 2.75) is 6.92 Å². The summed E-state index contributed by atoms with van der Waals surface area (Å²) < 4.78 is 2.32. The zero-order valence-corrected chi connectivity index (χ0v) is 34.3. The molecular weight excluding hydrogens is 751 g/mol. The maximum Gasteiger partial charge on any atom is 0.0979 e. The number of benzene rings is 10. The zero-order valence-electron chi connectivity index (χ0n) is 34.3. The van der Waals surface area contributed by atoms with Crippen LogP contribution in [0, 0.1) is 6.92 Å². The molecule has 0 aliphatic rings. The molecule has 0 bridgehead atoms. The molecule has 0 aliphatic heterocycles. The SMILES string of the molecule is Cc1cccc(-c2cccc(-c3cccc(-c4cccc(-c5cnc6c7ccccc7c7ccccc7c6n5)c4)c3)c2)c1.c1ccc(-n2c3ccccc3c3ccccc32)cc1. The normalized spacial score (nSPS) is 11.3. The molecule has 0 amide bonds. The van der Waals surface area contributed by atoms with E-state index in [0.29, 0.717) is 0 Å². The van der Waals surface area contributed by atoms with Crippen LogP contribution in [0.3, 0.4) is 0 Å². The maximum absolute atomic E-state index is 5.21. The summed E-state index contributed by atoms with van der Waals surface area (Å²) in [6.45, 7) is 2.14. The highest BCUT2D eigenvalue weighted by Crippen LogP contribution is 2.36. The van der Waals surface area contributed by atoms with Crippen molar-refractivity contribution in [3.05, 3.63) is 236 Å². The molecule has 0 unspecified atom stereocenters. The molecule has 0 radical (unpaired) electrons. The van der Waals surface area contributed by atoms with Gasteiger partial charge in [0, 0.05) is 32.8 Å². The first-order valence-electron chi connectivity index (χ1n) is 21.1. The Labute approximate surface area is 360 Å². The van der Waals surface area contributed by atoms with Gasteiger partial charge in [-0.05, 0) is 93.5 Å². The van der Waals surface area contributed by atoms with Crippen molar-refractivity contribution in [3.8, 4) is 50.3 Å². The van der Waals surface area contributed by atoms with E-state index in [9.17, 15) is 0 Å². The Morgan fingerprint density at radius 3 is 1.26 bits per heavy atom. The molecule has 2 aromatic heterocycles. The summed E-state index contributed by atoms with van der Waals surface area (Å²) in [7, 11) is 0. The zero-order chi connectivity index (χ0) is 41.4. The second-order valence-corrected chi connectivity index (χ2v) is 15.9. The lowest BCUT2D eigenvalue weighted by atomic mass is 9.95. The molecule has 0 fully saturated rings. The number of aromatic nitrogens is 3. The van der Waals surface area contributed by atoms with Gasteiger partial charge >= 0.3 is 0 Å². The van der Waals surface area contributed by atoms with Crippen LogP contribution in [0.2, 0.25) is 0 Å². The number of para-hydroxylation sites is 3. The molecule has 0 N–H and O–H groups in total. The number of aryl methyl sites for hydroxylation is 1. The van der Waals surface area contributed by atoms with Crippen LogP contribution < -0.4 is 0 Å². The summed E-state index contributed by atoms with van der Waals surface area (Å²) in [5.74, 6) is 0. The van der Waals surface area contributed by atoms with E-state index >= 15 is 0 Å². The van der Waals surface area contributed by atoms with Gasteiger partial charge in [0.05, 0.1) is 34.0 Å². The third kappa shape index (κ3) is 6.76. The van der Waals surface area contributed by atoms with Crippen LogP contribution in [-0.2, 0) is 0 Å². The molecule has 292 valence electrons. The van der Waals surface area contributed by atoms with Gasteiger partial charge in [0.1, 0.15) is 0 Å². The first-order chi connectivity index (χ1) is 30.7. The quantitative estimate of drug-likeness (QED) is 0.163. The highest BCUT2D eigenvalue weighted by molar-refractivity contribution is 6.23. The number of fused-ring (bicyclic) bond motifs is 9. The third-order valence-electron chi connectivity index (χ3n) is 11.9. The van der Waals surface area contributed by atoms with Crippen molar-refractivity contribution in [1.82, 2.24) is 14.5 Å². The third-order valence-corrected chi connectivity index (χ3v) is 11.9. The van der Waals surface area contributed by atoms with E-state index in [0.717, 1.165) is 38.6 Å². The van der Waals surface area contributed by atoms with Crippen LogP contribution in [-0.4, -0.2) is 14.5 Å². The van der Waals surface area contributed by atoms with Crippen molar-refractivity contribution in [1.29, 1.82) is 0 Å². The lowest BCUT2D eigenvalue weighted by Gasteiger charge is -2.11. The van der Waals surface area contributed by atoms with Gasteiger partial charge in [-0.3, -0.25) is 4.98 Å². The van der Waals surface area contributed by atoms with E-state index in [1.807, 2.05) is 6.20 Å². The fourth-order valence-corrected chi connectivity index (χ4v) is 8.98. The first kappa shape index (κ1) is 36.9. The molecule has 0 saturated carbocycles. The molecule has 10 aromatic carbocycles. The van der Waals surface area contributed by atoms with Gasteiger partial charge in [-0.15, -0.1) is 0 Å². The fourth-order valence-electron chi connectivity index (χ4n) is 8.98. The highest BCUT2D eigenvalue weighted by atomic mass is 15.0. The van der Waals surface area contributed by atoms with Crippen LogP contribution >= 0.6 is 0 Å². The minimum absolute atomic E-state index is 0.872. The number of rotatable bonds is 5. The van der Waals surface area contributed by atoms with Crippen LogP contribution in [0.5, 0.6) is 0 Å². The standard InChI is InChI=1S/C41H28N2.C18H13N/c1-27-10-6-11-28(22-27)29-12-7-13-30(23-29)31-14-8-15-32(24-31)33-16-9-17-34(25-33)39-26-42-40-37-20-4-2-18-35(37)36-19-3-5-21-38(36)41(40)43-39;1-2-8-14(9-3-1)19-17-12-6-4-10-15(17)16-11-5-7-13-18(16)19/h2-26H,1H3;1-13H. The van der Waals surface area contributed by atoms with Gasteiger partial charge in [-0.2, -0.15) is 0 Å². The van der Waals surface area contributed by atoms with E-state index in [1.54, 1.807) is 0 Å². The monoisotopic (exact) mass is 791 g/mol. The maximum atomic E-state index is 5.21. The average molecular weight is 792 g/mol. The Bertz CT molecular complexity index is 3510. The van der Waals surface area contributed by atoms with Crippen molar-refractivity contribution >= 4 is 54.4 Å². The van der Waals surface area contributed by atoms with Crippen LogP contribution in [0.25, 0.3) is 105 Å². The van der Waals surface area contributed by atoms with Crippen LogP contribution in [0.15, 0.2) is 231 Å². The largest absolute Gasteiger partial charge is 0.309 e. The smallest absolute Gasteiger partial charge is 0.0979 e. The Hall–Kier alpha value is -8.14. The van der Waals surface area contributed by atoms with Crippen LogP contribution in [0.1, 0.15) is 5.56 Å². The topological polar surface area (TPSA) is 30.7 Å². The highest BCUT2D eigenvalue weighted by Gasteiger charge is 2.14. The Morgan fingerprint density at radius 2 is 0.726 bits per heavy atom. The molecule has 0 saturated heterocycles. The molecule has 3 heteroatoms. The second kappa shape index (κ2) is 15.8. The summed E-state index contributed by atoms with van der Waals surface area (Å²) in [5, 5.41) is 7.28. The van der Waals surface area contributed by atoms with Crippen molar-refractivity contribution in [2.24, 2.45) is 0 Å². The van der Waals surface area contributed by atoms with Crippen molar-refractivity contribution in [3.63, 3.8) is 0 Å². The second-order valence-electron chi connectivity index (χ2n) is 15.9. The van der Waals surface area contributed by atoms with Crippen molar-refractivity contribution < 1.29 is 0 Å². The molecule has 3 nitrogen and oxygen atoms in total. The average Bonchev–Trinajstić information content (AvgIpc) is 3.69. The predicted octanol–water partition coefficient (Wildman–Crippen LogP) is 15.7. The van der Waals surface area contributed by atoms with E-state index in [1.165, 1.54) is 71.6 Å². The van der Waals surface area contributed by atoms with E-state index in [2.05, 4.69) is 236 Å². The van der Waals surface area contributed by atoms with Gasteiger partial charge in [-0.1, -0.05) is 188 Å².